The molecule has 5 heterocycles. The minimum absolute atomic E-state index is 0.232. The van der Waals surface area contributed by atoms with Crippen LogP contribution in [0, 0.1) is 12.7 Å². The Balaban J connectivity index is 1.36. The van der Waals surface area contributed by atoms with E-state index in [-0.39, 0.29) is 5.82 Å². The fourth-order valence-electron chi connectivity index (χ4n) is 5.84. The summed E-state index contributed by atoms with van der Waals surface area (Å²) in [7, 11) is 0. The summed E-state index contributed by atoms with van der Waals surface area (Å²) in [4.78, 5) is 15.0. The van der Waals surface area contributed by atoms with Gasteiger partial charge in [0.2, 0.25) is 0 Å². The van der Waals surface area contributed by atoms with Gasteiger partial charge >= 0.3 is 0 Å². The Morgan fingerprint density at radius 3 is 2.76 bits per heavy atom. The first-order valence-corrected chi connectivity index (χ1v) is 14.3. The van der Waals surface area contributed by atoms with Crippen molar-refractivity contribution in [3.63, 3.8) is 0 Å². The van der Waals surface area contributed by atoms with Crippen LogP contribution in [0.3, 0.4) is 0 Å². The van der Waals surface area contributed by atoms with Gasteiger partial charge in [0.05, 0.1) is 16.7 Å². The number of allylic oxidation sites excluding steroid dienone is 1. The monoisotopic (exact) mass is 546 g/mol. The zero-order chi connectivity index (χ0) is 28.3. The Morgan fingerprint density at radius 1 is 1.10 bits per heavy atom. The van der Waals surface area contributed by atoms with Crippen molar-refractivity contribution in [2.45, 2.75) is 39.5 Å². The Hall–Kier alpha value is -4.36. The van der Waals surface area contributed by atoms with Crippen LogP contribution in [0.1, 0.15) is 42.9 Å². The Kier molecular flexibility index (Phi) is 7.61. The number of hydrogen-bond donors (Lipinski definition) is 2. The van der Waals surface area contributed by atoms with Crippen LogP contribution in [0.15, 0.2) is 61.6 Å². The largest absolute Gasteiger partial charge is 0.353 e. The molecule has 0 spiro atoms. The second-order valence-electron chi connectivity index (χ2n) is 10.9. The van der Waals surface area contributed by atoms with E-state index in [1.165, 1.54) is 25.9 Å². The number of likely N-dealkylation sites (tertiary alicyclic amines) is 1. The van der Waals surface area contributed by atoms with E-state index in [0.717, 1.165) is 85.8 Å². The maximum atomic E-state index is 14.8. The van der Waals surface area contributed by atoms with Crippen LogP contribution in [0.2, 0.25) is 0 Å². The fourth-order valence-corrected chi connectivity index (χ4v) is 5.84. The van der Waals surface area contributed by atoms with Crippen molar-refractivity contribution >= 4 is 28.6 Å². The molecule has 208 valence electrons. The van der Waals surface area contributed by atoms with Crippen LogP contribution >= 0.6 is 0 Å². The SMILES string of the molecule is C=C(/C=c1/c(-c2cc3c(-c4cc(F)cc(CCCN5CCCC5)c4)nccc3[nH]2)n[nH]/c1=C/C)c1cnccc1C. The van der Waals surface area contributed by atoms with Gasteiger partial charge < -0.3 is 9.88 Å². The maximum Gasteiger partial charge on any atom is 0.124 e. The van der Waals surface area contributed by atoms with Crippen LogP contribution < -0.4 is 10.6 Å². The number of halogens is 1. The molecule has 2 N–H and O–H groups in total. The molecule has 0 atom stereocenters. The lowest BCUT2D eigenvalue weighted by Crippen LogP contribution is -2.23. The number of aromatic nitrogens is 5. The first-order valence-electron chi connectivity index (χ1n) is 14.3. The van der Waals surface area contributed by atoms with E-state index in [0.29, 0.717) is 0 Å². The van der Waals surface area contributed by atoms with Crippen molar-refractivity contribution in [2.24, 2.45) is 0 Å². The van der Waals surface area contributed by atoms with Gasteiger partial charge in [-0.1, -0.05) is 12.7 Å². The first kappa shape index (κ1) is 26.8. The van der Waals surface area contributed by atoms with Gasteiger partial charge in [-0.25, -0.2) is 4.39 Å². The molecule has 41 heavy (non-hydrogen) atoms. The van der Waals surface area contributed by atoms with Crippen LogP contribution in [0.4, 0.5) is 4.39 Å². The lowest BCUT2D eigenvalue weighted by atomic mass is 10.0. The molecule has 0 saturated carbocycles. The molecule has 7 heteroatoms. The van der Waals surface area contributed by atoms with Crippen molar-refractivity contribution in [2.75, 3.05) is 19.6 Å². The van der Waals surface area contributed by atoms with Crippen LogP contribution in [-0.2, 0) is 6.42 Å². The van der Waals surface area contributed by atoms with Gasteiger partial charge in [-0.15, -0.1) is 0 Å². The number of rotatable bonds is 8. The Bertz CT molecular complexity index is 1840. The minimum atomic E-state index is -0.232. The molecule has 1 fully saturated rings. The van der Waals surface area contributed by atoms with Crippen LogP contribution in [0.5, 0.6) is 0 Å². The van der Waals surface area contributed by atoms with Gasteiger partial charge in [0.1, 0.15) is 11.5 Å². The highest BCUT2D eigenvalue weighted by Gasteiger charge is 2.15. The lowest BCUT2D eigenvalue weighted by molar-refractivity contribution is 0.334. The molecule has 1 aliphatic heterocycles. The minimum Gasteiger partial charge on any atom is -0.353 e. The molecule has 1 aliphatic rings. The third kappa shape index (κ3) is 5.63. The molecule has 1 aromatic carbocycles. The lowest BCUT2D eigenvalue weighted by Gasteiger charge is -2.14. The van der Waals surface area contributed by atoms with Crippen molar-refractivity contribution in [1.29, 1.82) is 0 Å². The second-order valence-corrected chi connectivity index (χ2v) is 10.9. The number of H-pyrrole nitrogens is 2. The molecule has 0 unspecified atom stereocenters. The van der Waals surface area contributed by atoms with E-state index in [1.807, 2.05) is 37.4 Å². The number of benzene rings is 1. The third-order valence-corrected chi connectivity index (χ3v) is 8.00. The predicted molar refractivity (Wildman–Crippen MR) is 165 cm³/mol. The quantitative estimate of drug-likeness (QED) is 0.259. The zero-order valence-electron chi connectivity index (χ0n) is 23.7. The van der Waals surface area contributed by atoms with Crippen LogP contribution in [-0.4, -0.2) is 49.7 Å². The topological polar surface area (TPSA) is 73.5 Å². The number of nitrogens with zero attached hydrogens (tertiary/aromatic N) is 4. The summed E-state index contributed by atoms with van der Waals surface area (Å²) < 4.78 is 14.8. The summed E-state index contributed by atoms with van der Waals surface area (Å²) in [6.07, 6.45) is 13.9. The molecule has 6 nitrogen and oxygen atoms in total. The molecule has 0 bridgehead atoms. The smallest absolute Gasteiger partial charge is 0.124 e. The maximum absolute atomic E-state index is 14.8. The first-order chi connectivity index (χ1) is 20.0. The highest BCUT2D eigenvalue weighted by Crippen LogP contribution is 2.31. The van der Waals surface area contributed by atoms with Crippen molar-refractivity contribution in [3.05, 3.63) is 94.6 Å². The van der Waals surface area contributed by atoms with Crippen molar-refractivity contribution in [3.8, 4) is 22.6 Å². The van der Waals surface area contributed by atoms with Gasteiger partial charge in [-0.05, 0) is 118 Å². The summed E-state index contributed by atoms with van der Waals surface area (Å²) in [5, 5.41) is 10.6. The third-order valence-electron chi connectivity index (χ3n) is 8.00. The highest BCUT2D eigenvalue weighted by molar-refractivity contribution is 5.96. The molecule has 1 saturated heterocycles. The van der Waals surface area contributed by atoms with E-state index in [9.17, 15) is 4.39 Å². The highest BCUT2D eigenvalue weighted by atomic mass is 19.1. The van der Waals surface area contributed by atoms with Gasteiger partial charge in [-0.2, -0.15) is 5.10 Å². The molecular weight excluding hydrogens is 511 g/mol. The van der Waals surface area contributed by atoms with Crippen molar-refractivity contribution < 1.29 is 4.39 Å². The summed E-state index contributed by atoms with van der Waals surface area (Å²) in [5.74, 6) is -0.232. The zero-order valence-corrected chi connectivity index (χ0v) is 23.7. The average Bonchev–Trinajstić information content (AvgIpc) is 3.72. The number of aryl methyl sites for hydroxylation is 2. The number of hydrogen-bond acceptors (Lipinski definition) is 4. The average molecular weight is 547 g/mol. The van der Waals surface area contributed by atoms with Crippen molar-refractivity contribution in [1.82, 2.24) is 30.0 Å². The van der Waals surface area contributed by atoms with Gasteiger partial charge in [0.15, 0.2) is 0 Å². The van der Waals surface area contributed by atoms with E-state index in [1.54, 1.807) is 24.5 Å². The number of fused-ring (bicyclic) bond motifs is 1. The second kappa shape index (κ2) is 11.6. The van der Waals surface area contributed by atoms with Gasteiger partial charge in [0, 0.05) is 45.8 Å². The fraction of sp³-hybridized carbons (Fsp3) is 0.265. The van der Waals surface area contributed by atoms with E-state index in [4.69, 9.17) is 4.98 Å². The van der Waals surface area contributed by atoms with Crippen LogP contribution in [0.25, 0.3) is 51.3 Å². The Morgan fingerprint density at radius 2 is 1.95 bits per heavy atom. The number of aromatic amines is 2. The molecular formula is C34H35FN6. The summed E-state index contributed by atoms with van der Waals surface area (Å²) >= 11 is 0. The summed E-state index contributed by atoms with van der Waals surface area (Å²) in [6, 6.07) is 11.3. The van der Waals surface area contributed by atoms with E-state index < -0.39 is 0 Å². The number of pyridine rings is 2. The van der Waals surface area contributed by atoms with E-state index in [2.05, 4.69) is 50.7 Å². The molecule has 4 aromatic heterocycles. The predicted octanol–water partition coefficient (Wildman–Crippen LogP) is 5.79. The molecule has 0 radical (unpaired) electrons. The summed E-state index contributed by atoms with van der Waals surface area (Å²) in [5.41, 5.74) is 8.06. The Labute approximate surface area is 239 Å². The molecule has 0 aliphatic carbocycles. The van der Waals surface area contributed by atoms with Gasteiger partial charge in [0.25, 0.3) is 0 Å². The van der Waals surface area contributed by atoms with E-state index >= 15 is 0 Å². The summed E-state index contributed by atoms with van der Waals surface area (Å²) in [6.45, 7) is 11.8. The molecule has 6 rings (SSSR count). The standard InChI is InChI=1S/C34H35FN6/c1-4-30-27(16-23(3)29-21-36-11-9-22(29)2)34(40-39-30)32-20-28-31(38-32)10-12-37-33(28)25-17-24(18-26(35)19-25)8-7-15-41-13-5-6-14-41/h4,9-12,16-21,38-39H,3,5-8,13-15H2,1-2H3/b27-16+,30-4+. The molecule has 0 amide bonds. The normalized spacial score (nSPS) is 14.9. The van der Waals surface area contributed by atoms with Gasteiger partial charge in [-0.3, -0.25) is 15.1 Å². The molecule has 5 aromatic rings. The number of nitrogens with one attached hydrogen (secondary N) is 2.